The predicted octanol–water partition coefficient (Wildman–Crippen LogP) is 2.99. The van der Waals surface area contributed by atoms with Crippen molar-refractivity contribution < 1.29 is 4.74 Å². The lowest BCUT2D eigenvalue weighted by Crippen LogP contribution is -2.25. The van der Waals surface area contributed by atoms with Gasteiger partial charge >= 0.3 is 0 Å². The first kappa shape index (κ1) is 13.8. The van der Waals surface area contributed by atoms with E-state index in [2.05, 4.69) is 21.6 Å². The van der Waals surface area contributed by atoms with Crippen LogP contribution in [0.15, 0.2) is 5.38 Å². The number of hydrogen-bond acceptors (Lipinski definition) is 7. The Labute approximate surface area is 126 Å². The predicted molar refractivity (Wildman–Crippen MR) is 84.4 cm³/mol. The summed E-state index contributed by atoms with van der Waals surface area (Å²) in [6, 6.07) is 0.345. The Balaban J connectivity index is 1.83. The fourth-order valence-corrected chi connectivity index (χ4v) is 4.08. The molecule has 0 saturated carbocycles. The molecule has 0 spiro atoms. The van der Waals surface area contributed by atoms with Gasteiger partial charge in [-0.3, -0.25) is 0 Å². The Hall–Kier alpha value is -1.18. The van der Waals surface area contributed by atoms with Crippen molar-refractivity contribution in [3.63, 3.8) is 0 Å². The highest BCUT2D eigenvalue weighted by Gasteiger charge is 2.25. The van der Waals surface area contributed by atoms with Crippen LogP contribution in [-0.2, 0) is 4.74 Å². The zero-order valence-corrected chi connectivity index (χ0v) is 13.2. The van der Waals surface area contributed by atoms with Crippen molar-refractivity contribution in [3.8, 4) is 10.6 Å². The minimum absolute atomic E-state index is 0.345. The van der Waals surface area contributed by atoms with Crippen LogP contribution in [0, 0.1) is 12.8 Å². The van der Waals surface area contributed by atoms with E-state index < -0.39 is 0 Å². The minimum atomic E-state index is 0.345. The molecule has 1 saturated heterocycles. The summed E-state index contributed by atoms with van der Waals surface area (Å²) in [6.07, 6.45) is 1.11. The molecule has 5 nitrogen and oxygen atoms in total. The lowest BCUT2D eigenvalue weighted by atomic mass is 10.0. The molecular formula is C13H18N4OS2. The summed E-state index contributed by atoms with van der Waals surface area (Å²) in [4.78, 5) is 4.52. The topological polar surface area (TPSA) is 73.1 Å². The number of hydrogen-bond donors (Lipinski definition) is 2. The summed E-state index contributed by atoms with van der Waals surface area (Å²) < 4.78 is 9.73. The number of rotatable bonds is 4. The number of aryl methyl sites for hydroxylation is 1. The van der Waals surface area contributed by atoms with Gasteiger partial charge in [-0.05, 0) is 31.8 Å². The molecule has 20 heavy (non-hydrogen) atoms. The van der Waals surface area contributed by atoms with Crippen molar-refractivity contribution >= 4 is 33.7 Å². The second kappa shape index (κ2) is 5.67. The molecule has 0 bridgehead atoms. The maximum atomic E-state index is 6.01. The molecule has 7 heteroatoms. The van der Waals surface area contributed by atoms with Crippen LogP contribution in [0.4, 0.5) is 10.8 Å². The monoisotopic (exact) mass is 310 g/mol. The van der Waals surface area contributed by atoms with Crippen LogP contribution < -0.4 is 11.1 Å². The summed E-state index contributed by atoms with van der Waals surface area (Å²) in [5.74, 6) is 1.10. The third-order valence-electron chi connectivity index (χ3n) is 3.58. The smallest absolute Gasteiger partial charge is 0.149 e. The van der Waals surface area contributed by atoms with Crippen LogP contribution >= 0.6 is 22.9 Å². The van der Waals surface area contributed by atoms with Gasteiger partial charge in [-0.1, -0.05) is 0 Å². The minimum Gasteiger partial charge on any atom is -0.382 e. The number of anilines is 2. The standard InChI is InChI=1S/C13H18N4OS2/c1-7-6-19-12(15-7)10-11(14)17-20-13(10)16-8(2)9-3-4-18-5-9/h6,8-9,16H,3-5H2,1-2H3,(H2,14,17). The largest absolute Gasteiger partial charge is 0.382 e. The van der Waals surface area contributed by atoms with Gasteiger partial charge < -0.3 is 15.8 Å². The van der Waals surface area contributed by atoms with Gasteiger partial charge in [-0.2, -0.15) is 4.37 Å². The van der Waals surface area contributed by atoms with Crippen molar-refractivity contribution in [2.75, 3.05) is 24.3 Å². The van der Waals surface area contributed by atoms with E-state index in [9.17, 15) is 0 Å². The number of nitrogens with zero attached hydrogens (tertiary/aromatic N) is 2. The third kappa shape index (κ3) is 2.65. The van der Waals surface area contributed by atoms with Crippen molar-refractivity contribution in [2.24, 2.45) is 5.92 Å². The van der Waals surface area contributed by atoms with E-state index >= 15 is 0 Å². The molecule has 0 radical (unpaired) electrons. The van der Waals surface area contributed by atoms with E-state index in [1.807, 2.05) is 12.3 Å². The number of nitrogens with two attached hydrogens (primary N) is 1. The molecule has 108 valence electrons. The second-order valence-electron chi connectivity index (χ2n) is 5.12. The summed E-state index contributed by atoms with van der Waals surface area (Å²) in [7, 11) is 0. The molecule has 1 aliphatic heterocycles. The van der Waals surface area contributed by atoms with Gasteiger partial charge in [-0.25, -0.2) is 4.98 Å². The van der Waals surface area contributed by atoms with E-state index in [1.54, 1.807) is 11.3 Å². The first-order chi connectivity index (χ1) is 9.65. The van der Waals surface area contributed by atoms with Crippen LogP contribution in [0.5, 0.6) is 0 Å². The Morgan fingerprint density at radius 2 is 2.40 bits per heavy atom. The maximum absolute atomic E-state index is 6.01. The number of aromatic nitrogens is 2. The number of ether oxygens (including phenoxy) is 1. The first-order valence-electron chi connectivity index (χ1n) is 6.67. The Morgan fingerprint density at radius 3 is 3.05 bits per heavy atom. The van der Waals surface area contributed by atoms with Crippen LogP contribution in [0.3, 0.4) is 0 Å². The summed E-state index contributed by atoms with van der Waals surface area (Å²) in [5, 5.41) is 7.52. The van der Waals surface area contributed by atoms with Crippen molar-refractivity contribution in [1.29, 1.82) is 0 Å². The molecule has 2 aromatic heterocycles. The molecule has 2 unspecified atom stereocenters. The molecule has 3 N–H and O–H groups in total. The van der Waals surface area contributed by atoms with Crippen molar-refractivity contribution in [3.05, 3.63) is 11.1 Å². The van der Waals surface area contributed by atoms with E-state index in [0.717, 1.165) is 40.9 Å². The van der Waals surface area contributed by atoms with E-state index in [0.29, 0.717) is 17.8 Å². The number of nitrogen functional groups attached to an aromatic ring is 1. The van der Waals surface area contributed by atoms with Crippen LogP contribution in [0.2, 0.25) is 0 Å². The Bertz CT molecular complexity index is 589. The highest BCUT2D eigenvalue weighted by atomic mass is 32.1. The SMILES string of the molecule is Cc1csc(-c2c(N)nsc2NC(C)C2CCOC2)n1. The molecule has 1 aliphatic rings. The summed E-state index contributed by atoms with van der Waals surface area (Å²) >= 11 is 3.01. The van der Waals surface area contributed by atoms with E-state index in [1.165, 1.54) is 11.5 Å². The third-order valence-corrected chi connectivity index (χ3v) is 5.35. The number of thiazole rings is 1. The van der Waals surface area contributed by atoms with Crippen LogP contribution in [0.25, 0.3) is 10.6 Å². The molecule has 0 aromatic carbocycles. The summed E-state index contributed by atoms with van der Waals surface area (Å²) in [5.41, 5.74) is 7.97. The van der Waals surface area contributed by atoms with Gasteiger partial charge in [0.2, 0.25) is 0 Å². The van der Waals surface area contributed by atoms with Gasteiger partial charge in [-0.15, -0.1) is 11.3 Å². The van der Waals surface area contributed by atoms with Crippen LogP contribution in [0.1, 0.15) is 19.0 Å². The molecule has 3 heterocycles. The molecule has 0 aliphatic carbocycles. The maximum Gasteiger partial charge on any atom is 0.149 e. The highest BCUT2D eigenvalue weighted by Crippen LogP contribution is 2.39. The molecular weight excluding hydrogens is 292 g/mol. The average Bonchev–Trinajstić information content (AvgIpc) is 3.11. The first-order valence-corrected chi connectivity index (χ1v) is 8.32. The fourth-order valence-electron chi connectivity index (χ4n) is 2.35. The fraction of sp³-hybridized carbons (Fsp3) is 0.538. The highest BCUT2D eigenvalue weighted by molar-refractivity contribution is 7.15. The molecule has 3 rings (SSSR count). The van der Waals surface area contributed by atoms with Gasteiger partial charge in [0.1, 0.15) is 15.8 Å². The van der Waals surface area contributed by atoms with Gasteiger partial charge in [0.15, 0.2) is 0 Å². The average molecular weight is 310 g/mol. The quantitative estimate of drug-likeness (QED) is 0.908. The molecule has 0 amide bonds. The number of nitrogens with one attached hydrogen (secondary N) is 1. The normalized spacial score (nSPS) is 20.2. The lowest BCUT2D eigenvalue weighted by Gasteiger charge is -2.19. The Morgan fingerprint density at radius 1 is 1.55 bits per heavy atom. The van der Waals surface area contributed by atoms with E-state index in [4.69, 9.17) is 10.5 Å². The Kier molecular flexibility index (Phi) is 3.91. The van der Waals surface area contributed by atoms with Crippen molar-refractivity contribution in [1.82, 2.24) is 9.36 Å². The van der Waals surface area contributed by atoms with E-state index in [-0.39, 0.29) is 0 Å². The van der Waals surface area contributed by atoms with Crippen LogP contribution in [-0.4, -0.2) is 28.6 Å². The van der Waals surface area contributed by atoms with Crippen molar-refractivity contribution in [2.45, 2.75) is 26.3 Å². The zero-order chi connectivity index (χ0) is 14.1. The van der Waals surface area contributed by atoms with Gasteiger partial charge in [0, 0.05) is 29.6 Å². The molecule has 2 atom stereocenters. The zero-order valence-electron chi connectivity index (χ0n) is 11.5. The molecule has 1 fully saturated rings. The molecule has 2 aromatic rings. The van der Waals surface area contributed by atoms with Gasteiger partial charge in [0.25, 0.3) is 0 Å². The summed E-state index contributed by atoms with van der Waals surface area (Å²) in [6.45, 7) is 5.86. The van der Waals surface area contributed by atoms with Gasteiger partial charge in [0.05, 0.1) is 12.2 Å². The lowest BCUT2D eigenvalue weighted by molar-refractivity contribution is 0.183. The second-order valence-corrected chi connectivity index (χ2v) is 6.75.